The van der Waals surface area contributed by atoms with Gasteiger partial charge in [0.1, 0.15) is 0 Å². The molecule has 9 aromatic rings. The van der Waals surface area contributed by atoms with Crippen LogP contribution in [0.2, 0.25) is 0 Å². The summed E-state index contributed by atoms with van der Waals surface area (Å²) in [5, 5.41) is 5.48. The molecule has 0 bridgehead atoms. The van der Waals surface area contributed by atoms with Crippen molar-refractivity contribution in [2.75, 3.05) is 9.80 Å². The maximum atomic E-state index is 2.66. The minimum Gasteiger partial charge on any atom is -0.309 e. The smallest absolute Gasteiger partial charge is 0.0581 e. The number of para-hydroxylation sites is 4. The second kappa shape index (κ2) is 12.3. The second-order valence-electron chi connectivity index (χ2n) is 24.9. The Kier molecular flexibility index (Phi) is 7.21. The number of rotatable bonds is 0. The molecule has 2 aliphatic carbocycles. The van der Waals surface area contributed by atoms with E-state index in [9.17, 15) is 0 Å². The summed E-state index contributed by atoms with van der Waals surface area (Å²) in [7, 11) is 0. The predicted octanol–water partition coefficient (Wildman–Crippen LogP) is 18.1. The molecule has 4 heterocycles. The van der Waals surface area contributed by atoms with E-state index >= 15 is 0 Å². The third-order valence-electron chi connectivity index (χ3n) is 19.3. The van der Waals surface area contributed by atoms with Crippen LogP contribution in [0.4, 0.5) is 34.1 Å². The van der Waals surface area contributed by atoms with Crippen LogP contribution in [0.25, 0.3) is 43.8 Å². The summed E-state index contributed by atoms with van der Waals surface area (Å²) in [4.78, 5) is 5.32. The van der Waals surface area contributed by atoms with Crippen molar-refractivity contribution < 1.29 is 0 Å². The first-order chi connectivity index (χ1) is 33.3. The molecule has 9 aromatic carbocycles. The Morgan fingerprint density at radius 2 is 0.529 bits per heavy atom. The minimum atomic E-state index is -0.270. The van der Waals surface area contributed by atoms with Gasteiger partial charge in [-0.1, -0.05) is 192 Å². The van der Waals surface area contributed by atoms with Crippen LogP contribution in [0.1, 0.15) is 150 Å². The van der Waals surface area contributed by atoms with E-state index in [2.05, 4.69) is 238 Å². The van der Waals surface area contributed by atoms with Crippen LogP contribution in [0.3, 0.4) is 0 Å². The Bertz CT molecular complexity index is 3700. The molecule has 0 saturated carbocycles. The van der Waals surface area contributed by atoms with Gasteiger partial charge in [0.05, 0.1) is 34.1 Å². The second-order valence-corrected chi connectivity index (χ2v) is 24.9. The SMILES string of the molecule is CC1(C)c2ccccc2N2c3c1cccc3C(C)(C)c1cc3c4c(cccc4c12)C(C)(C)c1cc2c(cc1-3)C(C)(C)c1cccc3c4c(cc-2c13)C(C)(C)c1cccc2c1N4c1ccccc1C2(C)C. The normalized spacial score (nSPS) is 19.2. The van der Waals surface area contributed by atoms with Crippen molar-refractivity contribution in [3.8, 4) is 22.3 Å². The lowest BCUT2D eigenvalue weighted by atomic mass is 9.61. The first-order valence-corrected chi connectivity index (χ1v) is 25.8. The van der Waals surface area contributed by atoms with Gasteiger partial charge in [0.2, 0.25) is 0 Å². The summed E-state index contributed by atoms with van der Waals surface area (Å²) in [5.74, 6) is 0. The Balaban J connectivity index is 1.02. The van der Waals surface area contributed by atoms with Gasteiger partial charge in [-0.25, -0.2) is 0 Å². The first kappa shape index (κ1) is 40.9. The Labute approximate surface area is 413 Å². The van der Waals surface area contributed by atoms with Gasteiger partial charge in [-0.2, -0.15) is 0 Å². The van der Waals surface area contributed by atoms with Crippen molar-refractivity contribution >= 4 is 55.7 Å². The van der Waals surface area contributed by atoms with Crippen LogP contribution in [0, 0.1) is 0 Å². The van der Waals surface area contributed by atoms with Gasteiger partial charge in [-0.3, -0.25) is 0 Å². The fraction of sp³-hybridized carbons (Fsp3) is 0.265. The van der Waals surface area contributed by atoms with E-state index in [1.54, 1.807) is 0 Å². The van der Waals surface area contributed by atoms with Crippen LogP contribution in [0.5, 0.6) is 0 Å². The third-order valence-corrected chi connectivity index (χ3v) is 19.3. The van der Waals surface area contributed by atoms with Crippen LogP contribution < -0.4 is 9.80 Å². The van der Waals surface area contributed by atoms with E-state index in [1.807, 2.05) is 0 Å². The molecule has 0 unspecified atom stereocenters. The molecule has 0 aromatic heterocycles. The number of hydrogen-bond acceptors (Lipinski definition) is 2. The van der Waals surface area contributed by atoms with Gasteiger partial charge >= 0.3 is 0 Å². The molecule has 6 aliphatic rings. The lowest BCUT2D eigenvalue weighted by Crippen LogP contribution is -2.38. The van der Waals surface area contributed by atoms with Gasteiger partial charge in [-0.05, 0) is 136 Å². The number of anilines is 6. The number of hydrogen-bond donors (Lipinski definition) is 0. The topological polar surface area (TPSA) is 6.48 Å². The molecular formula is C68H60N2. The molecule has 4 aliphatic heterocycles. The van der Waals surface area contributed by atoms with E-state index in [4.69, 9.17) is 0 Å². The highest BCUT2D eigenvalue weighted by Gasteiger charge is 2.50. The highest BCUT2D eigenvalue weighted by atomic mass is 15.2. The highest BCUT2D eigenvalue weighted by molar-refractivity contribution is 6.16. The molecule has 2 nitrogen and oxygen atoms in total. The average Bonchev–Trinajstić information content (AvgIpc) is 3.34. The summed E-state index contributed by atoms with van der Waals surface area (Å²) in [5.41, 5.74) is 29.0. The van der Waals surface area contributed by atoms with Crippen molar-refractivity contribution in [3.63, 3.8) is 0 Å². The minimum absolute atomic E-state index is 0.132. The van der Waals surface area contributed by atoms with Gasteiger partial charge in [0, 0.05) is 43.3 Å². The van der Waals surface area contributed by atoms with Gasteiger partial charge in [0.25, 0.3) is 0 Å². The Morgan fingerprint density at radius 1 is 0.243 bits per heavy atom. The molecule has 70 heavy (non-hydrogen) atoms. The molecular weight excluding hydrogens is 845 g/mol. The van der Waals surface area contributed by atoms with Crippen LogP contribution >= 0.6 is 0 Å². The average molecular weight is 905 g/mol. The quantitative estimate of drug-likeness (QED) is 0.150. The molecule has 15 rings (SSSR count). The molecule has 0 fully saturated rings. The van der Waals surface area contributed by atoms with Crippen molar-refractivity contribution in [2.24, 2.45) is 0 Å². The summed E-state index contributed by atoms with van der Waals surface area (Å²) in [6.45, 7) is 29.5. The highest BCUT2D eigenvalue weighted by Crippen LogP contribution is 2.66. The zero-order valence-electron chi connectivity index (χ0n) is 42.8. The van der Waals surface area contributed by atoms with E-state index in [1.165, 1.54) is 145 Å². The zero-order chi connectivity index (χ0) is 48.1. The largest absolute Gasteiger partial charge is 0.309 e. The maximum absolute atomic E-state index is 2.66. The molecule has 0 atom stereocenters. The van der Waals surface area contributed by atoms with Crippen LogP contribution in [-0.2, 0) is 32.5 Å². The fourth-order valence-electron chi connectivity index (χ4n) is 15.5. The van der Waals surface area contributed by atoms with Gasteiger partial charge < -0.3 is 9.80 Å². The molecule has 0 saturated heterocycles. The molecule has 0 N–H and O–H groups in total. The van der Waals surface area contributed by atoms with Crippen molar-refractivity contribution in [3.05, 3.63) is 212 Å². The molecule has 2 heteroatoms. The Hall–Kier alpha value is -6.90. The van der Waals surface area contributed by atoms with E-state index in [-0.39, 0.29) is 32.5 Å². The van der Waals surface area contributed by atoms with Crippen LogP contribution in [-0.4, -0.2) is 0 Å². The van der Waals surface area contributed by atoms with E-state index in [0.29, 0.717) is 0 Å². The number of nitrogens with zero attached hydrogens (tertiary/aromatic N) is 2. The lowest BCUT2D eigenvalue weighted by molar-refractivity contribution is 0.597. The number of benzene rings is 9. The summed E-state index contributed by atoms with van der Waals surface area (Å²) in [6, 6.07) is 57.5. The molecule has 0 spiro atoms. The molecule has 342 valence electrons. The fourth-order valence-corrected chi connectivity index (χ4v) is 15.5. The predicted molar refractivity (Wildman–Crippen MR) is 294 cm³/mol. The summed E-state index contributed by atoms with van der Waals surface area (Å²) in [6.07, 6.45) is 0. The van der Waals surface area contributed by atoms with Crippen LogP contribution in [0.15, 0.2) is 146 Å². The lowest BCUT2D eigenvalue weighted by Gasteiger charge is -2.50. The molecule has 0 radical (unpaired) electrons. The van der Waals surface area contributed by atoms with Crippen molar-refractivity contribution in [1.29, 1.82) is 0 Å². The maximum Gasteiger partial charge on any atom is 0.0581 e. The van der Waals surface area contributed by atoms with Crippen molar-refractivity contribution in [2.45, 2.75) is 116 Å². The standard InChI is InChI=1S/C68H60N2/c1-63(2)43-23-13-15-31-55(43)69-59-37-21-17-25-45-57(37)41(35-53(59)67(9,10)49-29-19-27-47(63)61(49)69)39-33-52-40(34-51(39)65(45,5)6)42-36-54-60(38-22-18-26-46(58(38)42)66(52,7)8)70-56-32-16-14-24-44(56)64(3,4)48-28-20-30-50(62(48)70)68(54,11)12/h13-36H,1-12H3. The van der Waals surface area contributed by atoms with E-state index in [0.717, 1.165) is 0 Å². The van der Waals surface area contributed by atoms with E-state index < -0.39 is 0 Å². The molecule has 0 amide bonds. The monoisotopic (exact) mass is 904 g/mol. The zero-order valence-corrected chi connectivity index (χ0v) is 42.8. The first-order valence-electron chi connectivity index (χ1n) is 25.8. The van der Waals surface area contributed by atoms with Gasteiger partial charge in [0.15, 0.2) is 0 Å². The number of fused-ring (bicyclic) bond motifs is 14. The van der Waals surface area contributed by atoms with Gasteiger partial charge in [-0.15, -0.1) is 0 Å². The third kappa shape index (κ3) is 4.43. The van der Waals surface area contributed by atoms with Crippen molar-refractivity contribution in [1.82, 2.24) is 0 Å². The summed E-state index contributed by atoms with van der Waals surface area (Å²) < 4.78 is 0. The Morgan fingerprint density at radius 3 is 0.914 bits per heavy atom. The summed E-state index contributed by atoms with van der Waals surface area (Å²) >= 11 is 0.